The van der Waals surface area contributed by atoms with Gasteiger partial charge in [0.25, 0.3) is 0 Å². The summed E-state index contributed by atoms with van der Waals surface area (Å²) < 4.78 is 5.98. The van der Waals surface area contributed by atoms with Gasteiger partial charge in [-0.3, -0.25) is 0 Å². The summed E-state index contributed by atoms with van der Waals surface area (Å²) in [5.41, 5.74) is 2.68. The van der Waals surface area contributed by atoms with Crippen LogP contribution in [0.2, 0.25) is 0 Å². The fourth-order valence-electron chi connectivity index (χ4n) is 2.60. The standard InChI is InChI=1S/C19H22BrN5O2/c1-13(2)11-17(26)23-18-16(20)12-21-19(24-18)22-14-3-5-15(6-4-14)25-7-9-27-10-8-25/h3-6,11-12,26H,1,7-10H2,2H3,(H2,21,22,23,24)/p-1/b17-11-. The van der Waals surface area contributed by atoms with E-state index in [1.54, 1.807) is 13.1 Å². The Bertz CT molecular complexity index is 832. The highest BCUT2D eigenvalue weighted by atomic mass is 79.9. The lowest BCUT2D eigenvalue weighted by atomic mass is 10.2. The molecular weight excluding hydrogens is 410 g/mol. The Morgan fingerprint density at radius 1 is 1.30 bits per heavy atom. The molecule has 8 heteroatoms. The van der Waals surface area contributed by atoms with Gasteiger partial charge in [0.15, 0.2) is 0 Å². The zero-order chi connectivity index (χ0) is 19.2. The third kappa shape index (κ3) is 5.45. The molecule has 27 heavy (non-hydrogen) atoms. The molecule has 1 aromatic carbocycles. The number of benzene rings is 1. The van der Waals surface area contributed by atoms with E-state index in [9.17, 15) is 5.11 Å². The van der Waals surface area contributed by atoms with Crippen LogP contribution in [0.1, 0.15) is 6.92 Å². The quantitative estimate of drug-likeness (QED) is 0.537. The first-order valence-electron chi connectivity index (χ1n) is 8.55. The number of halogens is 1. The van der Waals surface area contributed by atoms with Crippen LogP contribution in [0.4, 0.5) is 23.1 Å². The minimum atomic E-state index is -0.289. The van der Waals surface area contributed by atoms with E-state index >= 15 is 0 Å². The van der Waals surface area contributed by atoms with Crippen molar-refractivity contribution in [2.24, 2.45) is 0 Å². The van der Waals surface area contributed by atoms with E-state index in [2.05, 4.69) is 60.1 Å². The molecule has 1 fully saturated rings. The minimum Gasteiger partial charge on any atom is -0.860 e. The molecule has 0 bridgehead atoms. The molecule has 1 aliphatic rings. The number of anilines is 4. The van der Waals surface area contributed by atoms with E-state index in [1.807, 2.05) is 12.1 Å². The topological polar surface area (TPSA) is 85.4 Å². The molecule has 2 N–H and O–H groups in total. The average Bonchev–Trinajstić information content (AvgIpc) is 2.65. The Labute approximate surface area is 166 Å². The van der Waals surface area contributed by atoms with Crippen LogP contribution in [-0.2, 0) is 4.74 Å². The number of aromatic nitrogens is 2. The molecule has 0 radical (unpaired) electrons. The van der Waals surface area contributed by atoms with Crippen molar-refractivity contribution in [2.45, 2.75) is 6.92 Å². The van der Waals surface area contributed by atoms with Crippen LogP contribution in [0.15, 0.2) is 59.0 Å². The summed E-state index contributed by atoms with van der Waals surface area (Å²) in [6.07, 6.45) is 3.00. The average molecular weight is 431 g/mol. The molecule has 2 heterocycles. The van der Waals surface area contributed by atoms with Gasteiger partial charge in [0.2, 0.25) is 5.95 Å². The van der Waals surface area contributed by atoms with E-state index in [0.29, 0.717) is 21.8 Å². The van der Waals surface area contributed by atoms with Crippen LogP contribution in [0.3, 0.4) is 0 Å². The number of hydrogen-bond acceptors (Lipinski definition) is 7. The van der Waals surface area contributed by atoms with Gasteiger partial charge in [-0.05, 0) is 53.0 Å². The highest BCUT2D eigenvalue weighted by Crippen LogP contribution is 2.24. The number of hydrogen-bond donors (Lipinski definition) is 2. The van der Waals surface area contributed by atoms with Gasteiger partial charge < -0.3 is 25.4 Å². The van der Waals surface area contributed by atoms with Crippen molar-refractivity contribution in [3.05, 3.63) is 59.0 Å². The van der Waals surface area contributed by atoms with Gasteiger partial charge >= 0.3 is 0 Å². The molecule has 142 valence electrons. The monoisotopic (exact) mass is 430 g/mol. The molecule has 1 aromatic heterocycles. The van der Waals surface area contributed by atoms with Gasteiger partial charge in [-0.15, -0.1) is 0 Å². The predicted molar refractivity (Wildman–Crippen MR) is 109 cm³/mol. The first-order chi connectivity index (χ1) is 13.0. The van der Waals surface area contributed by atoms with Gasteiger partial charge in [-0.2, -0.15) is 4.98 Å². The first kappa shape index (κ1) is 19.2. The zero-order valence-electron chi connectivity index (χ0n) is 15.0. The smallest absolute Gasteiger partial charge is 0.229 e. The molecule has 1 saturated heterocycles. The van der Waals surface area contributed by atoms with E-state index < -0.39 is 0 Å². The summed E-state index contributed by atoms with van der Waals surface area (Å²) in [5.74, 6) is 0.491. The highest BCUT2D eigenvalue weighted by molar-refractivity contribution is 9.10. The molecule has 2 aromatic rings. The molecule has 0 unspecified atom stereocenters. The van der Waals surface area contributed by atoms with Gasteiger partial charge in [-0.25, -0.2) is 4.98 Å². The maximum Gasteiger partial charge on any atom is 0.229 e. The molecule has 0 spiro atoms. The zero-order valence-corrected chi connectivity index (χ0v) is 16.6. The number of nitrogens with one attached hydrogen (secondary N) is 2. The third-order valence-electron chi connectivity index (χ3n) is 3.86. The summed E-state index contributed by atoms with van der Waals surface area (Å²) in [7, 11) is 0. The highest BCUT2D eigenvalue weighted by Gasteiger charge is 2.11. The lowest BCUT2D eigenvalue weighted by molar-refractivity contribution is -0.299. The maximum atomic E-state index is 11.9. The largest absolute Gasteiger partial charge is 0.860 e. The second-order valence-corrected chi connectivity index (χ2v) is 7.00. The van der Waals surface area contributed by atoms with Crippen molar-refractivity contribution >= 4 is 39.1 Å². The number of nitrogens with zero attached hydrogens (tertiary/aromatic N) is 3. The van der Waals surface area contributed by atoms with Gasteiger partial charge in [0, 0.05) is 30.7 Å². The number of morpholine rings is 1. The summed E-state index contributed by atoms with van der Waals surface area (Å²) >= 11 is 3.34. The molecule has 7 nitrogen and oxygen atoms in total. The summed E-state index contributed by atoms with van der Waals surface area (Å²) in [6.45, 7) is 8.74. The van der Waals surface area contributed by atoms with E-state index in [1.165, 1.54) is 6.08 Å². The van der Waals surface area contributed by atoms with Crippen molar-refractivity contribution < 1.29 is 9.84 Å². The fraction of sp³-hybridized carbons (Fsp3) is 0.263. The van der Waals surface area contributed by atoms with Crippen molar-refractivity contribution in [2.75, 3.05) is 41.8 Å². The van der Waals surface area contributed by atoms with Crippen molar-refractivity contribution in [1.82, 2.24) is 9.97 Å². The molecule has 1 aliphatic heterocycles. The molecule has 3 rings (SSSR count). The normalized spacial score (nSPS) is 14.7. The van der Waals surface area contributed by atoms with Crippen molar-refractivity contribution in [1.29, 1.82) is 0 Å². The lowest BCUT2D eigenvalue weighted by Gasteiger charge is -2.28. The minimum absolute atomic E-state index is 0.289. The van der Waals surface area contributed by atoms with E-state index in [-0.39, 0.29) is 5.88 Å². The van der Waals surface area contributed by atoms with Crippen LogP contribution in [-0.4, -0.2) is 36.3 Å². The Morgan fingerprint density at radius 3 is 2.67 bits per heavy atom. The summed E-state index contributed by atoms with van der Waals surface area (Å²) in [5, 5.41) is 17.7. The summed E-state index contributed by atoms with van der Waals surface area (Å²) in [4.78, 5) is 10.9. The molecule has 0 saturated carbocycles. The Kier molecular flexibility index (Phi) is 6.31. The summed E-state index contributed by atoms with van der Waals surface area (Å²) in [6, 6.07) is 8.06. The van der Waals surface area contributed by atoms with Crippen LogP contribution in [0, 0.1) is 0 Å². The van der Waals surface area contributed by atoms with Crippen molar-refractivity contribution in [3.8, 4) is 0 Å². The predicted octanol–water partition coefficient (Wildman–Crippen LogP) is 3.01. The second-order valence-electron chi connectivity index (χ2n) is 6.14. The van der Waals surface area contributed by atoms with Gasteiger partial charge in [-0.1, -0.05) is 18.2 Å². The Morgan fingerprint density at radius 2 is 2.00 bits per heavy atom. The first-order valence-corrected chi connectivity index (χ1v) is 9.34. The molecule has 0 atom stereocenters. The lowest BCUT2D eigenvalue weighted by Crippen LogP contribution is -2.36. The van der Waals surface area contributed by atoms with Gasteiger partial charge in [0.05, 0.1) is 17.7 Å². The van der Waals surface area contributed by atoms with E-state index in [0.717, 1.165) is 37.7 Å². The van der Waals surface area contributed by atoms with Crippen molar-refractivity contribution in [3.63, 3.8) is 0 Å². The van der Waals surface area contributed by atoms with Crippen LogP contribution in [0.5, 0.6) is 0 Å². The third-order valence-corrected chi connectivity index (χ3v) is 4.44. The SMILES string of the molecule is C=C(C)/C=C(\[O-])Nc1nc(Nc2ccc(N3CCOCC3)cc2)ncc1Br. The number of ether oxygens (including phenoxy) is 1. The van der Waals surface area contributed by atoms with E-state index in [4.69, 9.17) is 4.74 Å². The number of rotatable bonds is 6. The second kappa shape index (κ2) is 8.88. The molecule has 0 aliphatic carbocycles. The molecule has 0 amide bonds. The van der Waals surface area contributed by atoms with Crippen LogP contribution >= 0.6 is 15.9 Å². The molecular formula is C19H21BrN5O2-. The maximum absolute atomic E-state index is 11.9. The van der Waals surface area contributed by atoms with Gasteiger partial charge in [0.1, 0.15) is 5.82 Å². The van der Waals surface area contributed by atoms with Crippen LogP contribution < -0.4 is 20.6 Å². The number of allylic oxidation sites excluding steroid dienone is 2. The fourth-order valence-corrected chi connectivity index (χ4v) is 2.89. The Balaban J connectivity index is 1.70. The Hall–Kier alpha value is -2.58. The van der Waals surface area contributed by atoms with Crippen LogP contribution in [0.25, 0.3) is 0 Å².